The lowest BCUT2D eigenvalue weighted by Crippen LogP contribution is -2.49. The van der Waals surface area contributed by atoms with E-state index in [-0.39, 0.29) is 5.91 Å². The molecule has 0 aliphatic carbocycles. The Morgan fingerprint density at radius 1 is 1.00 bits per heavy atom. The summed E-state index contributed by atoms with van der Waals surface area (Å²) in [7, 11) is 0. The van der Waals surface area contributed by atoms with Gasteiger partial charge in [-0.1, -0.05) is 18.2 Å². The molecule has 108 valence electrons. The van der Waals surface area contributed by atoms with Crippen molar-refractivity contribution in [2.75, 3.05) is 31.1 Å². The molecule has 2 aromatic rings. The molecule has 1 aromatic carbocycles. The van der Waals surface area contributed by atoms with Crippen molar-refractivity contribution in [3.05, 3.63) is 59.9 Å². The molecule has 21 heavy (non-hydrogen) atoms. The minimum absolute atomic E-state index is 0.0989. The van der Waals surface area contributed by atoms with Crippen molar-refractivity contribution in [3.63, 3.8) is 0 Å². The van der Waals surface area contributed by atoms with E-state index < -0.39 is 0 Å². The van der Waals surface area contributed by atoms with Crippen LogP contribution >= 0.6 is 0 Å². The van der Waals surface area contributed by atoms with Gasteiger partial charge < -0.3 is 9.80 Å². The smallest absolute Gasteiger partial charge is 0.254 e. The van der Waals surface area contributed by atoms with E-state index in [4.69, 9.17) is 0 Å². The van der Waals surface area contributed by atoms with E-state index in [9.17, 15) is 4.79 Å². The minimum atomic E-state index is 0.0989. The van der Waals surface area contributed by atoms with Crippen LogP contribution in [0.3, 0.4) is 0 Å². The normalized spacial score (nSPS) is 15.1. The summed E-state index contributed by atoms with van der Waals surface area (Å²) < 4.78 is 0. The van der Waals surface area contributed by atoms with Gasteiger partial charge in [-0.05, 0) is 30.7 Å². The fourth-order valence-electron chi connectivity index (χ4n) is 2.75. The number of carbonyl (C=O) groups excluding carboxylic acids is 1. The highest BCUT2D eigenvalue weighted by Crippen LogP contribution is 2.21. The fourth-order valence-corrected chi connectivity index (χ4v) is 2.75. The van der Waals surface area contributed by atoms with Gasteiger partial charge in [-0.3, -0.25) is 9.78 Å². The third-order valence-electron chi connectivity index (χ3n) is 3.95. The number of aryl methyl sites for hydroxylation is 1. The molecule has 1 fully saturated rings. The molecule has 0 saturated carbocycles. The van der Waals surface area contributed by atoms with Crippen LogP contribution in [-0.4, -0.2) is 42.0 Å². The van der Waals surface area contributed by atoms with Crippen LogP contribution in [0.2, 0.25) is 0 Å². The molecule has 2 heterocycles. The molecule has 0 unspecified atom stereocenters. The zero-order chi connectivity index (χ0) is 14.7. The molecule has 1 saturated heterocycles. The second-order valence-corrected chi connectivity index (χ2v) is 5.30. The summed E-state index contributed by atoms with van der Waals surface area (Å²) in [6.07, 6.45) is 3.33. The average molecular weight is 281 g/mol. The monoisotopic (exact) mass is 281 g/mol. The van der Waals surface area contributed by atoms with Crippen LogP contribution in [0.4, 0.5) is 5.69 Å². The van der Waals surface area contributed by atoms with Gasteiger partial charge in [-0.15, -0.1) is 0 Å². The molecule has 3 rings (SSSR count). The zero-order valence-electron chi connectivity index (χ0n) is 12.2. The average Bonchev–Trinajstić information content (AvgIpc) is 2.56. The Kier molecular flexibility index (Phi) is 3.86. The second-order valence-electron chi connectivity index (χ2n) is 5.30. The number of hydrogen-bond donors (Lipinski definition) is 0. The lowest BCUT2D eigenvalue weighted by atomic mass is 10.1. The Morgan fingerprint density at radius 2 is 1.67 bits per heavy atom. The molecular formula is C17H19N3O. The predicted octanol–water partition coefficient (Wildman–Crippen LogP) is 2.35. The van der Waals surface area contributed by atoms with Gasteiger partial charge in [0.25, 0.3) is 5.91 Å². The van der Waals surface area contributed by atoms with E-state index in [0.717, 1.165) is 26.2 Å². The Morgan fingerprint density at radius 3 is 2.33 bits per heavy atom. The first-order chi connectivity index (χ1) is 10.3. The van der Waals surface area contributed by atoms with Gasteiger partial charge in [-0.25, -0.2) is 0 Å². The SMILES string of the molecule is Cc1ccccc1N1CCN(C(=O)c2ccncc2)CC1. The first-order valence-electron chi connectivity index (χ1n) is 7.25. The minimum Gasteiger partial charge on any atom is -0.368 e. The molecule has 1 amide bonds. The first-order valence-corrected chi connectivity index (χ1v) is 7.25. The molecule has 0 bridgehead atoms. The number of amides is 1. The van der Waals surface area contributed by atoms with Crippen molar-refractivity contribution in [2.45, 2.75) is 6.92 Å². The molecule has 1 aromatic heterocycles. The number of anilines is 1. The number of carbonyl (C=O) groups is 1. The van der Waals surface area contributed by atoms with Gasteiger partial charge in [0.1, 0.15) is 0 Å². The summed E-state index contributed by atoms with van der Waals surface area (Å²) in [6.45, 7) is 5.40. The van der Waals surface area contributed by atoms with Crippen LogP contribution in [0.1, 0.15) is 15.9 Å². The molecule has 4 nitrogen and oxygen atoms in total. The molecular weight excluding hydrogens is 262 g/mol. The third kappa shape index (κ3) is 2.89. The molecule has 0 spiro atoms. The maximum Gasteiger partial charge on any atom is 0.254 e. The van der Waals surface area contributed by atoms with Gasteiger partial charge in [0, 0.05) is 49.8 Å². The number of piperazine rings is 1. The molecule has 1 aliphatic heterocycles. The van der Waals surface area contributed by atoms with Crippen molar-refractivity contribution in [2.24, 2.45) is 0 Å². The van der Waals surface area contributed by atoms with E-state index in [2.05, 4.69) is 41.1 Å². The summed E-state index contributed by atoms with van der Waals surface area (Å²) in [5, 5.41) is 0. The molecule has 1 aliphatic rings. The number of rotatable bonds is 2. The lowest BCUT2D eigenvalue weighted by Gasteiger charge is -2.36. The summed E-state index contributed by atoms with van der Waals surface area (Å²) in [5.74, 6) is 0.0989. The van der Waals surface area contributed by atoms with Crippen molar-refractivity contribution >= 4 is 11.6 Å². The number of hydrogen-bond acceptors (Lipinski definition) is 3. The predicted molar refractivity (Wildman–Crippen MR) is 83.5 cm³/mol. The van der Waals surface area contributed by atoms with E-state index in [1.807, 2.05) is 4.90 Å². The standard InChI is InChI=1S/C17H19N3O/c1-14-4-2-3-5-16(14)19-10-12-20(13-11-19)17(21)15-6-8-18-9-7-15/h2-9H,10-13H2,1H3. The lowest BCUT2D eigenvalue weighted by molar-refractivity contribution is 0.0746. The Bertz CT molecular complexity index is 619. The highest BCUT2D eigenvalue weighted by atomic mass is 16.2. The summed E-state index contributed by atoms with van der Waals surface area (Å²) in [4.78, 5) is 20.6. The van der Waals surface area contributed by atoms with Crippen molar-refractivity contribution < 1.29 is 4.79 Å². The highest BCUT2D eigenvalue weighted by molar-refractivity contribution is 5.94. The fraction of sp³-hybridized carbons (Fsp3) is 0.294. The van der Waals surface area contributed by atoms with Crippen molar-refractivity contribution in [1.82, 2.24) is 9.88 Å². The largest absolute Gasteiger partial charge is 0.368 e. The van der Waals surface area contributed by atoms with E-state index in [1.54, 1.807) is 24.5 Å². The summed E-state index contributed by atoms with van der Waals surface area (Å²) >= 11 is 0. The zero-order valence-corrected chi connectivity index (χ0v) is 12.2. The van der Waals surface area contributed by atoms with Crippen molar-refractivity contribution in [3.8, 4) is 0 Å². The van der Waals surface area contributed by atoms with Crippen LogP contribution in [-0.2, 0) is 0 Å². The highest BCUT2D eigenvalue weighted by Gasteiger charge is 2.22. The van der Waals surface area contributed by atoms with Crippen LogP contribution in [0, 0.1) is 6.92 Å². The first kappa shape index (κ1) is 13.6. The van der Waals surface area contributed by atoms with Gasteiger partial charge in [-0.2, -0.15) is 0 Å². The van der Waals surface area contributed by atoms with E-state index >= 15 is 0 Å². The molecule has 4 heteroatoms. The van der Waals surface area contributed by atoms with E-state index in [1.165, 1.54) is 11.3 Å². The van der Waals surface area contributed by atoms with Gasteiger partial charge in [0.05, 0.1) is 0 Å². The maximum atomic E-state index is 12.4. The topological polar surface area (TPSA) is 36.4 Å². The number of nitrogens with zero attached hydrogens (tertiary/aromatic N) is 3. The van der Waals surface area contributed by atoms with Crippen LogP contribution in [0.25, 0.3) is 0 Å². The van der Waals surface area contributed by atoms with Crippen LogP contribution in [0.5, 0.6) is 0 Å². The van der Waals surface area contributed by atoms with Gasteiger partial charge in [0.2, 0.25) is 0 Å². The van der Waals surface area contributed by atoms with Crippen molar-refractivity contribution in [1.29, 1.82) is 0 Å². The van der Waals surface area contributed by atoms with Crippen LogP contribution < -0.4 is 4.90 Å². The van der Waals surface area contributed by atoms with E-state index in [0.29, 0.717) is 5.56 Å². The Hall–Kier alpha value is -2.36. The Labute approximate surface area is 125 Å². The van der Waals surface area contributed by atoms with Crippen LogP contribution in [0.15, 0.2) is 48.8 Å². The molecule has 0 N–H and O–H groups in total. The molecule has 0 atom stereocenters. The number of benzene rings is 1. The summed E-state index contributed by atoms with van der Waals surface area (Å²) in [6, 6.07) is 11.9. The number of para-hydroxylation sites is 1. The molecule has 0 radical (unpaired) electrons. The maximum absolute atomic E-state index is 12.4. The summed E-state index contributed by atoms with van der Waals surface area (Å²) in [5.41, 5.74) is 3.27. The van der Waals surface area contributed by atoms with Gasteiger partial charge >= 0.3 is 0 Å². The van der Waals surface area contributed by atoms with Gasteiger partial charge in [0.15, 0.2) is 0 Å². The second kappa shape index (κ2) is 5.95. The third-order valence-corrected chi connectivity index (χ3v) is 3.95. The quantitative estimate of drug-likeness (QED) is 0.848. The number of aromatic nitrogens is 1. The Balaban J connectivity index is 1.66. The number of pyridine rings is 1.